The number of benzene rings is 2. The van der Waals surface area contributed by atoms with Gasteiger partial charge in [0.2, 0.25) is 0 Å². The molecule has 14 nitrogen and oxygen atoms in total. The number of hydrogen-bond donors (Lipinski definition) is 4. The van der Waals surface area contributed by atoms with Crippen molar-refractivity contribution in [3.05, 3.63) is 77.9 Å². The van der Waals surface area contributed by atoms with Crippen LogP contribution in [0.3, 0.4) is 0 Å². The highest BCUT2D eigenvalue weighted by Gasteiger charge is 2.43. The Morgan fingerprint density at radius 1 is 0.547 bits per heavy atom. The topological polar surface area (TPSA) is 208 Å². The first-order valence-electron chi connectivity index (χ1n) is 21.7. The Balaban J connectivity index is 1.33. The fourth-order valence-corrected chi connectivity index (χ4v) is 10.8. The highest BCUT2D eigenvalue weighted by Crippen LogP contribution is 2.41. The Kier molecular flexibility index (Phi) is 13.2. The second kappa shape index (κ2) is 17.7. The Hall–Kier alpha value is -5.73. The van der Waals surface area contributed by atoms with Gasteiger partial charge >= 0.3 is 11.9 Å². The third-order valence-electron chi connectivity index (χ3n) is 14.5. The summed E-state index contributed by atoms with van der Waals surface area (Å²) in [4.78, 5) is 109. The highest BCUT2D eigenvalue weighted by atomic mass is 16.4. The van der Waals surface area contributed by atoms with Crippen molar-refractivity contribution in [2.24, 2.45) is 0 Å². The summed E-state index contributed by atoms with van der Waals surface area (Å²) in [6.45, 7) is 16.8. The van der Waals surface area contributed by atoms with E-state index in [2.05, 4.69) is 10.6 Å². The van der Waals surface area contributed by atoms with Gasteiger partial charge in [-0.3, -0.25) is 38.6 Å². The van der Waals surface area contributed by atoms with E-state index in [9.17, 15) is 48.6 Å². The number of nitrogens with zero attached hydrogens (tertiary/aromatic N) is 2. The molecule has 0 unspecified atom stereocenters. The molecule has 0 spiro atoms. The summed E-state index contributed by atoms with van der Waals surface area (Å²) in [6, 6.07) is -1.48. The van der Waals surface area contributed by atoms with E-state index in [1.807, 2.05) is 13.8 Å². The van der Waals surface area contributed by atoms with E-state index in [-0.39, 0.29) is 69.4 Å². The highest BCUT2D eigenvalue weighted by molar-refractivity contribution is 6.98. The maximum absolute atomic E-state index is 14.4. The molecule has 2 heterocycles. The van der Waals surface area contributed by atoms with E-state index in [4.69, 9.17) is 15.6 Å². The van der Waals surface area contributed by atoms with Crippen molar-refractivity contribution >= 4 is 81.1 Å². The van der Waals surface area contributed by atoms with Crippen molar-refractivity contribution in [1.82, 2.24) is 20.4 Å². The van der Waals surface area contributed by atoms with Crippen LogP contribution in [0.25, 0.3) is 0 Å². The van der Waals surface area contributed by atoms with Crippen LogP contribution in [-0.2, 0) is 24.6 Å². The van der Waals surface area contributed by atoms with Gasteiger partial charge in [0.05, 0.1) is 23.9 Å². The molecule has 64 heavy (non-hydrogen) atoms. The summed E-state index contributed by atoms with van der Waals surface area (Å²) in [5, 5.41) is 27.1. The molecule has 0 atom stereocenters. The van der Waals surface area contributed by atoms with Crippen molar-refractivity contribution in [2.45, 2.75) is 150 Å². The van der Waals surface area contributed by atoms with E-state index in [1.54, 1.807) is 55.4 Å². The SMILES string of the molecule is [B][B]c1c(C)c(C(C)(C)c2c(C)c(C)c(C(=O)O)c(C(=O)NC3CCC(N4C(=O)C(C)=C(C)C4=O)CC3)c2C)c([B])c(C(=O)NC2CCC(N3C(=O)C(C)=C(C)C3=O)CC2)c1C(=O)O. The van der Waals surface area contributed by atoms with Crippen molar-refractivity contribution in [2.75, 3.05) is 0 Å². The minimum Gasteiger partial charge on any atom is -0.478 e. The zero-order valence-electron chi connectivity index (χ0n) is 38.3. The average Bonchev–Trinajstić information content (AvgIpc) is 3.54. The van der Waals surface area contributed by atoms with Gasteiger partial charge in [0.25, 0.3) is 35.4 Å². The number of hydrogen-bond acceptors (Lipinski definition) is 8. The zero-order valence-corrected chi connectivity index (χ0v) is 38.3. The fraction of sp³-hybridized carbons (Fsp3) is 0.489. The van der Waals surface area contributed by atoms with Crippen LogP contribution in [0, 0.1) is 27.7 Å². The Labute approximate surface area is 377 Å². The van der Waals surface area contributed by atoms with Gasteiger partial charge in [-0.15, -0.1) is 0 Å². The molecule has 17 heteroatoms. The number of carbonyl (C=O) groups is 8. The van der Waals surface area contributed by atoms with Crippen molar-refractivity contribution in [3.63, 3.8) is 0 Å². The second-order valence-electron chi connectivity index (χ2n) is 18.4. The molecule has 0 bridgehead atoms. The Morgan fingerprint density at radius 3 is 1.28 bits per heavy atom. The second-order valence-corrected chi connectivity index (χ2v) is 18.4. The lowest BCUT2D eigenvalue weighted by atomic mass is 9.47. The smallest absolute Gasteiger partial charge is 0.336 e. The van der Waals surface area contributed by atoms with Crippen LogP contribution >= 0.6 is 0 Å². The van der Waals surface area contributed by atoms with Gasteiger partial charge in [0, 0.05) is 65.2 Å². The number of carboxylic acid groups (broad SMARTS) is 2. The van der Waals surface area contributed by atoms with Gasteiger partial charge in [0.1, 0.15) is 7.85 Å². The maximum atomic E-state index is 14.4. The predicted molar refractivity (Wildman–Crippen MR) is 242 cm³/mol. The predicted octanol–water partition coefficient (Wildman–Crippen LogP) is 3.34. The van der Waals surface area contributed by atoms with Crippen LogP contribution in [0.15, 0.2) is 22.3 Å². The first kappa shape index (κ1) is 47.7. The molecule has 0 saturated heterocycles. The van der Waals surface area contributed by atoms with Crippen LogP contribution < -0.4 is 21.6 Å². The van der Waals surface area contributed by atoms with E-state index >= 15 is 0 Å². The summed E-state index contributed by atoms with van der Waals surface area (Å²) in [6.07, 6.45) is 3.47. The van der Waals surface area contributed by atoms with Gasteiger partial charge in [0.15, 0.2) is 0 Å². The van der Waals surface area contributed by atoms with Crippen LogP contribution in [0.5, 0.6) is 0 Å². The largest absolute Gasteiger partial charge is 0.478 e. The molecule has 2 aliphatic heterocycles. The van der Waals surface area contributed by atoms with Crippen LogP contribution in [-0.4, -0.2) is 114 Å². The molecule has 2 fully saturated rings. The number of carbonyl (C=O) groups excluding carboxylic acids is 6. The molecule has 6 rings (SSSR count). The van der Waals surface area contributed by atoms with Gasteiger partial charge in [-0.25, -0.2) is 9.59 Å². The van der Waals surface area contributed by atoms with Crippen molar-refractivity contribution in [1.29, 1.82) is 0 Å². The molecule has 2 saturated carbocycles. The molecule has 2 aromatic carbocycles. The van der Waals surface area contributed by atoms with Crippen LogP contribution in [0.2, 0.25) is 0 Å². The summed E-state index contributed by atoms with van der Waals surface area (Å²) in [5.41, 5.74) is 1.97. The summed E-state index contributed by atoms with van der Waals surface area (Å²) in [7, 11) is 14.2. The average molecular weight is 867 g/mol. The minimum atomic E-state index is -1.43. The van der Waals surface area contributed by atoms with Crippen LogP contribution in [0.1, 0.15) is 168 Å². The third-order valence-corrected chi connectivity index (χ3v) is 14.5. The Bertz CT molecular complexity index is 2480. The molecule has 331 valence electrons. The molecule has 6 amide bonds. The van der Waals surface area contributed by atoms with Crippen molar-refractivity contribution in [3.8, 4) is 0 Å². The lowest BCUT2D eigenvalue weighted by molar-refractivity contribution is -0.142. The lowest BCUT2D eigenvalue weighted by Gasteiger charge is -2.38. The first-order chi connectivity index (χ1) is 29.9. The van der Waals surface area contributed by atoms with Crippen molar-refractivity contribution < 1.29 is 48.6 Å². The summed E-state index contributed by atoms with van der Waals surface area (Å²) < 4.78 is 0. The molecular formula is C47H54B3N4O10. The standard InChI is InChI=1S/C47H54B3N4O10/c1-19-20(2)35(25(7)31(32(19)45(61)62)39(55)51-27-11-15-29(16-12-27)53-41(57)21(3)22(4)42(53)58)47(9,10)36-26(8)38(50-49)34(46(63)64)33(37(36)48)40(56)52-28-13-17-30(18-14-28)54-43(59)23(5)24(6)44(54)60/h27-30H,11-18H2,1-10H3,(H,51,55)(H,52,56)(H,61,62)(H,63,64). The van der Waals surface area contributed by atoms with Gasteiger partial charge < -0.3 is 20.8 Å². The summed E-state index contributed by atoms with van der Waals surface area (Å²) in [5.74, 6) is -5.36. The van der Waals surface area contributed by atoms with Gasteiger partial charge in [-0.05, 0) is 135 Å². The molecule has 4 N–H and O–H groups in total. The molecule has 2 aromatic rings. The lowest BCUT2D eigenvalue weighted by Crippen LogP contribution is -2.48. The van der Waals surface area contributed by atoms with Gasteiger partial charge in [-0.2, -0.15) is 0 Å². The third kappa shape index (κ3) is 7.82. The van der Waals surface area contributed by atoms with E-state index in [0.29, 0.717) is 107 Å². The zero-order chi connectivity index (χ0) is 47.6. The molecule has 0 aromatic heterocycles. The minimum absolute atomic E-state index is 0.0582. The monoisotopic (exact) mass is 867 g/mol. The number of rotatable bonds is 11. The summed E-state index contributed by atoms with van der Waals surface area (Å²) >= 11 is 0. The van der Waals surface area contributed by atoms with E-state index in [0.717, 1.165) is 7.17 Å². The number of nitrogens with one attached hydrogen (secondary N) is 2. The first-order valence-corrected chi connectivity index (χ1v) is 21.7. The molecule has 4 aliphatic rings. The number of amides is 6. The Morgan fingerprint density at radius 2 is 0.922 bits per heavy atom. The van der Waals surface area contributed by atoms with E-state index < -0.39 is 40.8 Å². The number of aromatic carboxylic acids is 2. The molecule has 2 aliphatic carbocycles. The van der Waals surface area contributed by atoms with Crippen LogP contribution in [0.4, 0.5) is 0 Å². The molecule has 5 radical (unpaired) electrons. The quantitative estimate of drug-likeness (QED) is 0.191. The normalized spacial score (nSPS) is 21.8. The molecular weight excluding hydrogens is 813 g/mol. The maximum Gasteiger partial charge on any atom is 0.336 e. The fourth-order valence-electron chi connectivity index (χ4n) is 10.8. The number of imide groups is 2. The van der Waals surface area contributed by atoms with E-state index in [1.165, 1.54) is 9.80 Å². The number of carboxylic acids is 2. The van der Waals surface area contributed by atoms with Gasteiger partial charge in [-0.1, -0.05) is 30.3 Å².